The number of hydrogen-bond acceptors (Lipinski definition) is 1. The molecule has 0 aliphatic carbocycles. The normalized spacial score (nSPS) is 14.0. The summed E-state index contributed by atoms with van der Waals surface area (Å²) in [5.41, 5.74) is 2.17. The summed E-state index contributed by atoms with van der Waals surface area (Å²) in [7, 11) is 0. The lowest BCUT2D eigenvalue weighted by molar-refractivity contribution is 0.234. The monoisotopic (exact) mass is 316 g/mol. The van der Waals surface area contributed by atoms with Crippen LogP contribution < -0.4 is 0 Å². The van der Waals surface area contributed by atoms with Gasteiger partial charge in [-0.15, -0.1) is 0 Å². The number of nitrogens with one attached hydrogen (secondary N) is 1. The molecular weight excluding hydrogens is 299 g/mol. The van der Waals surface area contributed by atoms with Crippen molar-refractivity contribution in [2.24, 2.45) is 11.3 Å². The molecule has 104 valence electrons. The zero-order valence-corrected chi connectivity index (χ0v) is 13.9. The second-order valence-electron chi connectivity index (χ2n) is 6.09. The van der Waals surface area contributed by atoms with Crippen LogP contribution in [0.1, 0.15) is 27.7 Å². The summed E-state index contributed by atoms with van der Waals surface area (Å²) in [6.07, 6.45) is 0. The van der Waals surface area contributed by atoms with E-state index < -0.39 is 0 Å². The summed E-state index contributed by atoms with van der Waals surface area (Å²) in [6, 6.07) is 3.70. The Bertz CT molecular complexity index is 664. The summed E-state index contributed by atoms with van der Waals surface area (Å²) in [4.78, 5) is 3.19. The Morgan fingerprint density at radius 3 is 2.42 bits per heavy atom. The molecule has 0 spiro atoms. The summed E-state index contributed by atoms with van der Waals surface area (Å²) in [6.45, 7) is 9.80. The third-order valence-electron chi connectivity index (χ3n) is 3.75. The molecule has 5 heteroatoms. The van der Waals surface area contributed by atoms with Crippen molar-refractivity contribution in [3.8, 4) is 0 Å². The summed E-state index contributed by atoms with van der Waals surface area (Å²) in [5.74, 6) is 0.493. The molecule has 19 heavy (non-hydrogen) atoms. The lowest BCUT2D eigenvalue weighted by atomic mass is 9.82. The van der Waals surface area contributed by atoms with Crippen LogP contribution in [0.5, 0.6) is 0 Å². The van der Waals surface area contributed by atoms with Crippen molar-refractivity contribution >= 4 is 46.5 Å². The van der Waals surface area contributed by atoms with Crippen LogP contribution in [-0.4, -0.2) is 9.55 Å². The van der Waals surface area contributed by atoms with Crippen LogP contribution in [0.3, 0.4) is 0 Å². The number of aromatic amines is 1. The van der Waals surface area contributed by atoms with Gasteiger partial charge in [0.25, 0.3) is 0 Å². The molecule has 1 aromatic carbocycles. The van der Waals surface area contributed by atoms with E-state index >= 15 is 0 Å². The maximum Gasteiger partial charge on any atom is 0.178 e. The van der Waals surface area contributed by atoms with Crippen LogP contribution in [0.4, 0.5) is 0 Å². The Balaban J connectivity index is 2.52. The van der Waals surface area contributed by atoms with E-state index in [-0.39, 0.29) is 5.41 Å². The predicted octanol–water partition coefficient (Wildman–Crippen LogP) is 5.69. The minimum Gasteiger partial charge on any atom is -0.331 e. The highest BCUT2D eigenvalue weighted by Gasteiger charge is 2.21. The van der Waals surface area contributed by atoms with Gasteiger partial charge in [-0.05, 0) is 35.7 Å². The molecule has 1 atom stereocenters. The first-order chi connectivity index (χ1) is 8.70. The fourth-order valence-corrected chi connectivity index (χ4v) is 2.49. The minimum absolute atomic E-state index is 0.231. The van der Waals surface area contributed by atoms with E-state index in [1.54, 1.807) is 0 Å². The first-order valence-corrected chi connectivity index (χ1v) is 7.44. The quantitative estimate of drug-likeness (QED) is 0.706. The van der Waals surface area contributed by atoms with E-state index in [0.29, 0.717) is 20.7 Å². The molecule has 1 N–H and O–H groups in total. The number of nitrogens with zero attached hydrogens (tertiary/aromatic N) is 1. The molecule has 2 rings (SSSR count). The van der Waals surface area contributed by atoms with Crippen molar-refractivity contribution in [1.29, 1.82) is 0 Å². The maximum atomic E-state index is 6.10. The molecule has 0 amide bonds. The zero-order valence-electron chi connectivity index (χ0n) is 11.6. The fourth-order valence-electron chi connectivity index (χ4n) is 1.88. The minimum atomic E-state index is 0.231. The van der Waals surface area contributed by atoms with Gasteiger partial charge < -0.3 is 9.55 Å². The number of hydrogen-bond donors (Lipinski definition) is 1. The van der Waals surface area contributed by atoms with Gasteiger partial charge in [-0.25, -0.2) is 0 Å². The van der Waals surface area contributed by atoms with Crippen molar-refractivity contribution in [1.82, 2.24) is 9.55 Å². The van der Waals surface area contributed by atoms with Gasteiger partial charge in [-0.3, -0.25) is 0 Å². The molecular formula is C14H18Cl2N2S. The van der Waals surface area contributed by atoms with Gasteiger partial charge >= 0.3 is 0 Å². The highest BCUT2D eigenvalue weighted by atomic mass is 35.5. The predicted molar refractivity (Wildman–Crippen MR) is 85.8 cm³/mol. The molecule has 0 bridgehead atoms. The number of aromatic nitrogens is 2. The van der Waals surface area contributed by atoms with Crippen molar-refractivity contribution in [3.05, 3.63) is 26.9 Å². The molecule has 1 heterocycles. The first-order valence-electron chi connectivity index (χ1n) is 6.27. The molecule has 0 fully saturated rings. The highest BCUT2D eigenvalue weighted by Crippen LogP contribution is 2.31. The van der Waals surface area contributed by atoms with Crippen LogP contribution in [-0.2, 0) is 6.54 Å². The first kappa shape index (κ1) is 14.9. The lowest BCUT2D eigenvalue weighted by Gasteiger charge is -2.27. The zero-order chi connectivity index (χ0) is 14.4. The van der Waals surface area contributed by atoms with E-state index in [0.717, 1.165) is 17.6 Å². The molecule has 0 saturated carbocycles. The van der Waals surface area contributed by atoms with Gasteiger partial charge in [0.15, 0.2) is 4.77 Å². The lowest BCUT2D eigenvalue weighted by Crippen LogP contribution is -2.22. The number of halogens is 2. The van der Waals surface area contributed by atoms with Crippen molar-refractivity contribution in [2.45, 2.75) is 34.2 Å². The summed E-state index contributed by atoms with van der Waals surface area (Å²) < 4.78 is 2.81. The standard InChI is InChI=1S/C14H18Cl2N2S/c1-8(14(2,3)4)7-18-12-6-10(16)9(15)5-11(12)17-13(18)19/h5-6,8H,7H2,1-4H3,(H,17,19). The number of H-pyrrole nitrogens is 1. The molecule has 2 aromatic rings. The van der Waals surface area contributed by atoms with Crippen LogP contribution >= 0.6 is 35.4 Å². The van der Waals surface area contributed by atoms with Gasteiger partial charge in [-0.2, -0.15) is 0 Å². The smallest absolute Gasteiger partial charge is 0.178 e. The fraction of sp³-hybridized carbons (Fsp3) is 0.500. The molecule has 1 unspecified atom stereocenters. The SMILES string of the molecule is CC(Cn1c(=S)[nH]c2cc(Cl)c(Cl)cc21)C(C)(C)C. The third kappa shape index (κ3) is 2.99. The van der Waals surface area contributed by atoms with E-state index in [4.69, 9.17) is 35.4 Å². The number of rotatable bonds is 2. The number of benzene rings is 1. The maximum absolute atomic E-state index is 6.10. The van der Waals surface area contributed by atoms with Gasteiger partial charge in [0.2, 0.25) is 0 Å². The van der Waals surface area contributed by atoms with E-state index in [1.165, 1.54) is 0 Å². The largest absolute Gasteiger partial charge is 0.331 e. The van der Waals surface area contributed by atoms with Gasteiger partial charge in [0.1, 0.15) is 0 Å². The van der Waals surface area contributed by atoms with E-state index in [9.17, 15) is 0 Å². The second kappa shape index (κ2) is 5.12. The van der Waals surface area contributed by atoms with Crippen LogP contribution in [0.25, 0.3) is 11.0 Å². The van der Waals surface area contributed by atoms with Gasteiger partial charge in [0, 0.05) is 6.54 Å². The third-order valence-corrected chi connectivity index (χ3v) is 4.80. The molecule has 0 saturated heterocycles. The van der Waals surface area contributed by atoms with Crippen molar-refractivity contribution < 1.29 is 0 Å². The molecule has 0 aliphatic rings. The van der Waals surface area contributed by atoms with Crippen LogP contribution in [0, 0.1) is 16.1 Å². The molecule has 2 nitrogen and oxygen atoms in total. The Morgan fingerprint density at radius 2 is 1.84 bits per heavy atom. The Labute approximate surface area is 128 Å². The average Bonchev–Trinajstić information content (AvgIpc) is 2.55. The average molecular weight is 317 g/mol. The Morgan fingerprint density at radius 1 is 1.26 bits per heavy atom. The topological polar surface area (TPSA) is 20.7 Å². The van der Waals surface area contributed by atoms with E-state index in [1.807, 2.05) is 12.1 Å². The van der Waals surface area contributed by atoms with Crippen molar-refractivity contribution in [3.63, 3.8) is 0 Å². The Kier molecular flexibility index (Phi) is 4.01. The Hall–Kier alpha value is -0.510. The highest BCUT2D eigenvalue weighted by molar-refractivity contribution is 7.71. The second-order valence-corrected chi connectivity index (χ2v) is 7.29. The number of imidazole rings is 1. The molecule has 0 aliphatic heterocycles. The van der Waals surface area contributed by atoms with Gasteiger partial charge in [-0.1, -0.05) is 50.9 Å². The number of fused-ring (bicyclic) bond motifs is 1. The van der Waals surface area contributed by atoms with E-state index in [2.05, 4.69) is 37.2 Å². The summed E-state index contributed by atoms with van der Waals surface area (Å²) >= 11 is 17.5. The van der Waals surface area contributed by atoms with Crippen LogP contribution in [0.2, 0.25) is 10.0 Å². The molecule has 0 radical (unpaired) electrons. The molecule has 1 aromatic heterocycles. The van der Waals surface area contributed by atoms with Crippen LogP contribution in [0.15, 0.2) is 12.1 Å². The summed E-state index contributed by atoms with van der Waals surface area (Å²) in [5, 5.41) is 1.10. The van der Waals surface area contributed by atoms with Crippen molar-refractivity contribution in [2.75, 3.05) is 0 Å². The van der Waals surface area contributed by atoms with Gasteiger partial charge in [0.05, 0.1) is 21.1 Å².